The molecule has 0 spiro atoms. The van der Waals surface area contributed by atoms with Crippen LogP contribution in [0, 0.1) is 11.7 Å². The lowest BCUT2D eigenvalue weighted by atomic mass is 10.0. The molecule has 0 saturated carbocycles. The summed E-state index contributed by atoms with van der Waals surface area (Å²) in [6.45, 7) is 6.81. The highest BCUT2D eigenvalue weighted by Crippen LogP contribution is 2.17. The van der Waals surface area contributed by atoms with Gasteiger partial charge in [-0.3, -0.25) is 4.79 Å². The second kappa shape index (κ2) is 6.84. The molecule has 4 heteroatoms. The first-order valence-electron chi connectivity index (χ1n) is 7.35. The third-order valence-corrected chi connectivity index (χ3v) is 3.65. The van der Waals surface area contributed by atoms with Crippen molar-refractivity contribution < 1.29 is 9.18 Å². The van der Waals surface area contributed by atoms with E-state index in [9.17, 15) is 9.18 Å². The van der Waals surface area contributed by atoms with Gasteiger partial charge in [-0.1, -0.05) is 19.9 Å². The molecule has 0 aliphatic carbocycles. The van der Waals surface area contributed by atoms with Crippen molar-refractivity contribution in [3.05, 3.63) is 35.6 Å². The summed E-state index contributed by atoms with van der Waals surface area (Å²) in [6, 6.07) is 6.17. The predicted molar refractivity (Wildman–Crippen MR) is 78.2 cm³/mol. The average molecular weight is 278 g/mol. The second-order valence-electron chi connectivity index (χ2n) is 5.85. The van der Waals surface area contributed by atoms with E-state index in [4.69, 9.17) is 0 Å². The van der Waals surface area contributed by atoms with Crippen LogP contribution in [0.2, 0.25) is 0 Å². The van der Waals surface area contributed by atoms with Gasteiger partial charge in [0.05, 0.1) is 0 Å². The van der Waals surface area contributed by atoms with Gasteiger partial charge < -0.3 is 10.2 Å². The van der Waals surface area contributed by atoms with Crippen molar-refractivity contribution in [3.8, 4) is 0 Å². The molecule has 1 atom stereocenters. The molecule has 20 heavy (non-hydrogen) atoms. The summed E-state index contributed by atoms with van der Waals surface area (Å²) >= 11 is 0. The van der Waals surface area contributed by atoms with Crippen LogP contribution in [0.5, 0.6) is 0 Å². The highest BCUT2D eigenvalue weighted by molar-refractivity contribution is 5.94. The summed E-state index contributed by atoms with van der Waals surface area (Å²) in [6.07, 6.45) is 1.91. The van der Waals surface area contributed by atoms with Crippen LogP contribution in [0.3, 0.4) is 0 Å². The van der Waals surface area contributed by atoms with Gasteiger partial charge in [-0.25, -0.2) is 4.39 Å². The molecule has 1 aliphatic rings. The van der Waals surface area contributed by atoms with Gasteiger partial charge in [-0.2, -0.15) is 0 Å². The predicted octanol–water partition coefficient (Wildman–Crippen LogP) is 2.68. The van der Waals surface area contributed by atoms with Gasteiger partial charge >= 0.3 is 0 Å². The topological polar surface area (TPSA) is 32.3 Å². The summed E-state index contributed by atoms with van der Waals surface area (Å²) in [4.78, 5) is 14.5. The molecule has 3 nitrogen and oxygen atoms in total. The highest BCUT2D eigenvalue weighted by atomic mass is 19.1. The summed E-state index contributed by atoms with van der Waals surface area (Å²) in [5.74, 6) is 0.116. The first-order valence-corrected chi connectivity index (χ1v) is 7.35. The van der Waals surface area contributed by atoms with Gasteiger partial charge in [-0.05, 0) is 43.5 Å². The smallest absolute Gasteiger partial charge is 0.254 e. The van der Waals surface area contributed by atoms with Crippen LogP contribution in [0.15, 0.2) is 24.3 Å². The Labute approximate surface area is 120 Å². The number of amides is 1. The van der Waals surface area contributed by atoms with E-state index in [0.717, 1.165) is 32.5 Å². The van der Waals surface area contributed by atoms with Gasteiger partial charge in [-0.15, -0.1) is 0 Å². The largest absolute Gasteiger partial charge is 0.334 e. The third kappa shape index (κ3) is 3.79. The minimum absolute atomic E-state index is 0.0566. The number of nitrogens with zero attached hydrogens (tertiary/aromatic N) is 1. The van der Waals surface area contributed by atoms with Crippen LogP contribution in [-0.2, 0) is 0 Å². The van der Waals surface area contributed by atoms with Gasteiger partial charge in [0.1, 0.15) is 5.82 Å². The quantitative estimate of drug-likeness (QED) is 0.922. The Kier molecular flexibility index (Phi) is 5.12. The maximum absolute atomic E-state index is 13.3. The molecule has 1 aromatic carbocycles. The van der Waals surface area contributed by atoms with E-state index in [2.05, 4.69) is 19.2 Å². The van der Waals surface area contributed by atoms with Crippen LogP contribution in [0.1, 0.15) is 37.0 Å². The van der Waals surface area contributed by atoms with Crippen molar-refractivity contribution >= 4 is 5.91 Å². The lowest BCUT2D eigenvalue weighted by molar-refractivity contribution is 0.0672. The summed E-state index contributed by atoms with van der Waals surface area (Å²) < 4.78 is 13.3. The Morgan fingerprint density at radius 2 is 2.30 bits per heavy atom. The Bertz CT molecular complexity index is 462. The number of hydrogen-bond acceptors (Lipinski definition) is 2. The molecule has 0 radical (unpaired) electrons. The zero-order chi connectivity index (χ0) is 14.5. The van der Waals surface area contributed by atoms with Crippen LogP contribution in [0.25, 0.3) is 0 Å². The van der Waals surface area contributed by atoms with Crippen LogP contribution in [0.4, 0.5) is 4.39 Å². The molecule has 1 heterocycles. The normalized spacial score (nSPS) is 20.0. The maximum Gasteiger partial charge on any atom is 0.254 e. The van der Waals surface area contributed by atoms with E-state index in [-0.39, 0.29) is 17.8 Å². The number of carbonyl (C=O) groups excluding carboxylic acids is 1. The van der Waals surface area contributed by atoms with Gasteiger partial charge in [0.15, 0.2) is 0 Å². The molecule has 1 saturated heterocycles. The maximum atomic E-state index is 13.3. The van der Waals surface area contributed by atoms with Crippen molar-refractivity contribution in [2.45, 2.75) is 32.7 Å². The molecule has 0 bridgehead atoms. The number of hydrogen-bond donors (Lipinski definition) is 1. The minimum atomic E-state index is -0.357. The van der Waals surface area contributed by atoms with E-state index < -0.39 is 0 Å². The van der Waals surface area contributed by atoms with Crippen molar-refractivity contribution in [2.75, 3.05) is 19.6 Å². The van der Waals surface area contributed by atoms with E-state index >= 15 is 0 Å². The zero-order valence-electron chi connectivity index (χ0n) is 12.2. The number of halogens is 1. The third-order valence-electron chi connectivity index (χ3n) is 3.65. The standard InChI is InChI=1S/C16H23FN2O/c1-12(2)9-15-11-18-7-4-8-19(15)16(20)13-5-3-6-14(17)10-13/h3,5-6,10,12,15,18H,4,7-9,11H2,1-2H3. The molecule has 1 amide bonds. The monoisotopic (exact) mass is 278 g/mol. The summed E-state index contributed by atoms with van der Waals surface area (Å²) in [7, 11) is 0. The number of carbonyl (C=O) groups is 1. The Morgan fingerprint density at radius 3 is 3.00 bits per heavy atom. The minimum Gasteiger partial charge on any atom is -0.334 e. The molecular formula is C16H23FN2O. The molecular weight excluding hydrogens is 255 g/mol. The van der Waals surface area contributed by atoms with E-state index in [0.29, 0.717) is 11.5 Å². The number of benzene rings is 1. The zero-order valence-corrected chi connectivity index (χ0v) is 12.2. The fraction of sp³-hybridized carbons (Fsp3) is 0.562. The van der Waals surface area contributed by atoms with Crippen molar-refractivity contribution in [2.24, 2.45) is 5.92 Å². The number of nitrogens with one attached hydrogen (secondary N) is 1. The van der Waals surface area contributed by atoms with Crippen molar-refractivity contribution in [3.63, 3.8) is 0 Å². The van der Waals surface area contributed by atoms with E-state index in [1.165, 1.54) is 12.1 Å². The Balaban J connectivity index is 2.19. The molecule has 1 unspecified atom stereocenters. The molecule has 0 aromatic heterocycles. The van der Waals surface area contributed by atoms with E-state index in [1.54, 1.807) is 12.1 Å². The molecule has 1 aromatic rings. The molecule has 1 fully saturated rings. The lowest BCUT2D eigenvalue weighted by Gasteiger charge is -2.31. The lowest BCUT2D eigenvalue weighted by Crippen LogP contribution is -2.44. The molecule has 1 aliphatic heterocycles. The van der Waals surface area contributed by atoms with Crippen LogP contribution in [-0.4, -0.2) is 36.5 Å². The molecule has 110 valence electrons. The fourth-order valence-corrected chi connectivity index (χ4v) is 2.75. The summed E-state index contributed by atoms with van der Waals surface area (Å²) in [5, 5.41) is 3.38. The van der Waals surface area contributed by atoms with E-state index in [1.807, 2.05) is 4.90 Å². The Morgan fingerprint density at radius 1 is 1.50 bits per heavy atom. The van der Waals surface area contributed by atoms with Crippen LogP contribution < -0.4 is 5.32 Å². The second-order valence-corrected chi connectivity index (χ2v) is 5.85. The van der Waals surface area contributed by atoms with Crippen LogP contribution >= 0.6 is 0 Å². The van der Waals surface area contributed by atoms with Crippen molar-refractivity contribution in [1.29, 1.82) is 0 Å². The fourth-order valence-electron chi connectivity index (χ4n) is 2.75. The van der Waals surface area contributed by atoms with Crippen molar-refractivity contribution in [1.82, 2.24) is 10.2 Å². The molecule has 2 rings (SSSR count). The van der Waals surface area contributed by atoms with Gasteiger partial charge in [0.25, 0.3) is 5.91 Å². The Hall–Kier alpha value is -1.42. The first kappa shape index (κ1) is 15.0. The summed E-state index contributed by atoms with van der Waals surface area (Å²) in [5.41, 5.74) is 0.445. The first-order chi connectivity index (χ1) is 9.58. The highest BCUT2D eigenvalue weighted by Gasteiger charge is 2.26. The van der Waals surface area contributed by atoms with Gasteiger partial charge in [0.2, 0.25) is 0 Å². The average Bonchev–Trinajstić information content (AvgIpc) is 2.63. The number of rotatable bonds is 3. The van der Waals surface area contributed by atoms with Gasteiger partial charge in [0, 0.05) is 24.7 Å². The SMILES string of the molecule is CC(C)CC1CNCCCN1C(=O)c1cccc(F)c1. The molecule has 1 N–H and O–H groups in total.